The standard InChI is InChI=1S/C19H35NO5S/c1-7-23-16(21)10-9-13-26-18(20-17(22)24-8-2)25-12-11-15(3)14-19(4,5)6/h15H,7-14H2,1-6H3. The highest BCUT2D eigenvalue weighted by Crippen LogP contribution is 2.26. The van der Waals surface area contributed by atoms with Crippen molar-refractivity contribution < 1.29 is 23.8 Å². The molecule has 0 rings (SSSR count). The second-order valence-corrected chi connectivity index (χ2v) is 8.39. The van der Waals surface area contributed by atoms with Crippen LogP contribution >= 0.6 is 11.8 Å². The fraction of sp³-hybridized carbons (Fsp3) is 0.842. The van der Waals surface area contributed by atoms with E-state index in [0.29, 0.717) is 43.0 Å². The molecule has 152 valence electrons. The zero-order chi connectivity index (χ0) is 20.0. The van der Waals surface area contributed by atoms with E-state index in [1.165, 1.54) is 11.8 Å². The van der Waals surface area contributed by atoms with Gasteiger partial charge in [-0.15, -0.1) is 4.99 Å². The summed E-state index contributed by atoms with van der Waals surface area (Å²) in [6.45, 7) is 13.5. The van der Waals surface area contributed by atoms with Gasteiger partial charge in [-0.25, -0.2) is 4.79 Å². The van der Waals surface area contributed by atoms with Gasteiger partial charge in [-0.05, 0) is 44.4 Å². The predicted octanol–water partition coefficient (Wildman–Crippen LogP) is 5.05. The molecule has 0 fully saturated rings. The van der Waals surface area contributed by atoms with Gasteiger partial charge in [0.05, 0.1) is 19.8 Å². The maximum atomic E-state index is 11.6. The Hall–Kier alpha value is -1.24. The first kappa shape index (κ1) is 24.8. The summed E-state index contributed by atoms with van der Waals surface area (Å²) in [4.78, 5) is 26.8. The van der Waals surface area contributed by atoms with Crippen LogP contribution in [-0.4, -0.2) is 42.9 Å². The van der Waals surface area contributed by atoms with Crippen molar-refractivity contribution in [2.24, 2.45) is 16.3 Å². The molecule has 0 aliphatic rings. The molecule has 0 aliphatic heterocycles. The fourth-order valence-electron chi connectivity index (χ4n) is 2.44. The first-order valence-corrected chi connectivity index (χ1v) is 10.3. The molecule has 6 nitrogen and oxygen atoms in total. The van der Waals surface area contributed by atoms with E-state index in [9.17, 15) is 9.59 Å². The van der Waals surface area contributed by atoms with Gasteiger partial charge < -0.3 is 14.2 Å². The summed E-state index contributed by atoms with van der Waals surface area (Å²) < 4.78 is 15.4. The highest BCUT2D eigenvalue weighted by molar-refractivity contribution is 8.13. The lowest BCUT2D eigenvalue weighted by atomic mass is 9.84. The molecule has 0 aromatic carbocycles. The third-order valence-electron chi connectivity index (χ3n) is 3.30. The number of rotatable bonds is 10. The molecular weight excluding hydrogens is 354 g/mol. The van der Waals surface area contributed by atoms with Gasteiger partial charge in [0, 0.05) is 12.2 Å². The van der Waals surface area contributed by atoms with E-state index in [4.69, 9.17) is 14.2 Å². The Morgan fingerprint density at radius 2 is 1.73 bits per heavy atom. The summed E-state index contributed by atoms with van der Waals surface area (Å²) in [6, 6.07) is 0. The Bertz CT molecular complexity index is 446. The van der Waals surface area contributed by atoms with E-state index in [0.717, 1.165) is 12.8 Å². The van der Waals surface area contributed by atoms with Gasteiger partial charge in [0.1, 0.15) is 0 Å². The Labute approximate surface area is 162 Å². The van der Waals surface area contributed by atoms with Crippen LogP contribution in [0.4, 0.5) is 4.79 Å². The van der Waals surface area contributed by atoms with E-state index in [1.807, 2.05) is 0 Å². The van der Waals surface area contributed by atoms with E-state index >= 15 is 0 Å². The first-order chi connectivity index (χ1) is 12.2. The summed E-state index contributed by atoms with van der Waals surface area (Å²) in [5.41, 5.74) is 0.281. The van der Waals surface area contributed by atoms with Gasteiger partial charge in [0.25, 0.3) is 5.23 Å². The molecule has 0 saturated heterocycles. The lowest BCUT2D eigenvalue weighted by molar-refractivity contribution is -0.143. The molecule has 1 amide bonds. The SMILES string of the molecule is CCOC(=O)CCCSC(=NC(=O)OCC)OCCC(C)CC(C)(C)C. The average Bonchev–Trinajstić information content (AvgIpc) is 2.50. The topological polar surface area (TPSA) is 74.2 Å². The minimum absolute atomic E-state index is 0.214. The summed E-state index contributed by atoms with van der Waals surface area (Å²) in [6.07, 6.45) is 2.32. The Kier molecular flexibility index (Phi) is 13.2. The van der Waals surface area contributed by atoms with Gasteiger partial charge in [-0.2, -0.15) is 0 Å². The number of thioether (sulfide) groups is 1. The molecule has 0 spiro atoms. The van der Waals surface area contributed by atoms with E-state index in [2.05, 4.69) is 32.7 Å². The molecule has 0 N–H and O–H groups in total. The van der Waals surface area contributed by atoms with Crippen LogP contribution in [0.2, 0.25) is 0 Å². The number of carbonyl (C=O) groups is 2. The van der Waals surface area contributed by atoms with Gasteiger partial charge in [0.2, 0.25) is 0 Å². The first-order valence-electron chi connectivity index (χ1n) is 9.34. The van der Waals surface area contributed by atoms with E-state index < -0.39 is 6.09 Å². The number of nitrogens with zero attached hydrogens (tertiary/aromatic N) is 1. The highest BCUT2D eigenvalue weighted by atomic mass is 32.2. The fourth-order valence-corrected chi connectivity index (χ4v) is 3.21. The van der Waals surface area contributed by atoms with Gasteiger partial charge in [-0.3, -0.25) is 4.79 Å². The molecule has 1 unspecified atom stereocenters. The van der Waals surface area contributed by atoms with Crippen LogP contribution in [0.3, 0.4) is 0 Å². The Morgan fingerprint density at radius 3 is 2.31 bits per heavy atom. The Balaban J connectivity index is 4.39. The molecule has 0 bridgehead atoms. The number of aliphatic imine (C=N–C) groups is 1. The molecule has 1 atom stereocenters. The van der Waals surface area contributed by atoms with Crippen molar-refractivity contribution in [3.8, 4) is 0 Å². The molecule has 0 aromatic rings. The maximum Gasteiger partial charge on any atom is 0.437 e. The number of amides is 1. The summed E-state index contributed by atoms with van der Waals surface area (Å²) in [7, 11) is 0. The second kappa shape index (κ2) is 13.9. The van der Waals surface area contributed by atoms with Crippen LogP contribution in [0.15, 0.2) is 4.99 Å². The molecule has 0 heterocycles. The average molecular weight is 390 g/mol. The van der Waals surface area contributed by atoms with Gasteiger partial charge >= 0.3 is 12.1 Å². The number of ether oxygens (including phenoxy) is 3. The second-order valence-electron chi connectivity index (χ2n) is 7.34. The van der Waals surface area contributed by atoms with Crippen LogP contribution in [0.5, 0.6) is 0 Å². The predicted molar refractivity (Wildman–Crippen MR) is 107 cm³/mol. The molecule has 26 heavy (non-hydrogen) atoms. The third-order valence-corrected chi connectivity index (χ3v) is 4.25. The molecule has 0 saturated carbocycles. The molecule has 7 heteroatoms. The summed E-state index contributed by atoms with van der Waals surface area (Å²) >= 11 is 1.32. The van der Waals surface area contributed by atoms with Crippen LogP contribution in [-0.2, 0) is 19.0 Å². The van der Waals surface area contributed by atoms with Crippen LogP contribution in [0.1, 0.15) is 67.2 Å². The van der Waals surface area contributed by atoms with E-state index in [1.54, 1.807) is 13.8 Å². The number of hydrogen-bond acceptors (Lipinski definition) is 6. The van der Waals surface area contributed by atoms with Crippen molar-refractivity contribution in [2.45, 2.75) is 67.2 Å². The number of hydrogen-bond donors (Lipinski definition) is 0. The quantitative estimate of drug-likeness (QED) is 0.225. The normalized spacial score (nSPS) is 13.2. The van der Waals surface area contributed by atoms with Crippen LogP contribution in [0.25, 0.3) is 0 Å². The molecule has 0 aliphatic carbocycles. The highest BCUT2D eigenvalue weighted by Gasteiger charge is 2.16. The van der Waals surface area contributed by atoms with Crippen molar-refractivity contribution in [3.63, 3.8) is 0 Å². The van der Waals surface area contributed by atoms with Crippen molar-refractivity contribution in [2.75, 3.05) is 25.6 Å². The third kappa shape index (κ3) is 15.0. The number of carbonyl (C=O) groups excluding carboxylic acids is 2. The van der Waals surface area contributed by atoms with E-state index in [-0.39, 0.29) is 18.0 Å². The zero-order valence-corrected chi connectivity index (χ0v) is 17.9. The van der Waals surface area contributed by atoms with Crippen molar-refractivity contribution >= 4 is 29.1 Å². The smallest absolute Gasteiger partial charge is 0.437 e. The molecular formula is C19H35NO5S. The monoisotopic (exact) mass is 389 g/mol. The lowest BCUT2D eigenvalue weighted by Gasteiger charge is -2.23. The van der Waals surface area contributed by atoms with Crippen molar-refractivity contribution in [1.82, 2.24) is 0 Å². The molecule has 0 radical (unpaired) electrons. The van der Waals surface area contributed by atoms with Crippen molar-refractivity contribution in [1.29, 1.82) is 0 Å². The molecule has 0 aromatic heterocycles. The minimum Gasteiger partial charge on any atom is -0.473 e. The van der Waals surface area contributed by atoms with Crippen molar-refractivity contribution in [3.05, 3.63) is 0 Å². The van der Waals surface area contributed by atoms with Gasteiger partial charge in [0.15, 0.2) is 0 Å². The largest absolute Gasteiger partial charge is 0.473 e. The summed E-state index contributed by atoms with van der Waals surface area (Å²) in [5.74, 6) is 0.927. The maximum absolute atomic E-state index is 11.6. The zero-order valence-electron chi connectivity index (χ0n) is 17.1. The van der Waals surface area contributed by atoms with Crippen LogP contribution in [0, 0.1) is 11.3 Å². The number of esters is 1. The summed E-state index contributed by atoms with van der Waals surface area (Å²) in [5, 5.41) is 0.301. The minimum atomic E-state index is -0.650. The van der Waals surface area contributed by atoms with Crippen LogP contribution < -0.4 is 0 Å². The Morgan fingerprint density at radius 1 is 1.08 bits per heavy atom. The lowest BCUT2D eigenvalue weighted by Crippen LogP contribution is -2.14. The van der Waals surface area contributed by atoms with Gasteiger partial charge in [-0.1, -0.05) is 39.5 Å².